The molecule has 0 saturated carbocycles. The van der Waals surface area contributed by atoms with E-state index in [-0.39, 0.29) is 12.6 Å². The Morgan fingerprint density at radius 3 is 2.00 bits per heavy atom. The minimum atomic E-state index is -0.532. The van der Waals surface area contributed by atoms with Crippen molar-refractivity contribution in [3.8, 4) is 0 Å². The van der Waals surface area contributed by atoms with Crippen molar-refractivity contribution in [2.45, 2.75) is 136 Å². The van der Waals surface area contributed by atoms with E-state index in [0.29, 0.717) is 19.6 Å². The smallest absolute Gasteiger partial charge is 0.306 e. The molecule has 0 heterocycles. The Bertz CT molecular complexity index is 459. The van der Waals surface area contributed by atoms with Crippen LogP contribution in [0.25, 0.3) is 0 Å². The number of allylic oxidation sites excluding steroid dienone is 4. The maximum Gasteiger partial charge on any atom is 0.306 e. The van der Waals surface area contributed by atoms with E-state index < -0.39 is 6.10 Å². The molecule has 0 aromatic rings. The van der Waals surface area contributed by atoms with Crippen molar-refractivity contribution in [3.05, 3.63) is 24.3 Å². The van der Waals surface area contributed by atoms with Gasteiger partial charge in [-0.05, 0) is 38.5 Å². The number of ether oxygens (including phenoxy) is 2. The minimum Gasteiger partial charge on any atom is -0.457 e. The van der Waals surface area contributed by atoms with Crippen LogP contribution >= 0.6 is 0 Å². The molecule has 0 aliphatic rings. The van der Waals surface area contributed by atoms with Gasteiger partial charge in [0.15, 0.2) is 0 Å². The third kappa shape index (κ3) is 25.3. The van der Waals surface area contributed by atoms with Gasteiger partial charge in [-0.15, -0.1) is 0 Å². The van der Waals surface area contributed by atoms with E-state index in [1.165, 1.54) is 70.6 Å². The topological polar surface area (TPSA) is 55.8 Å². The zero-order chi connectivity index (χ0) is 24.2. The van der Waals surface area contributed by atoms with Gasteiger partial charge in [0.1, 0.15) is 6.10 Å². The van der Waals surface area contributed by atoms with Gasteiger partial charge in [-0.25, -0.2) is 0 Å². The maximum absolute atomic E-state index is 12.0. The fourth-order valence-corrected chi connectivity index (χ4v) is 3.66. The third-order valence-corrected chi connectivity index (χ3v) is 5.76. The largest absolute Gasteiger partial charge is 0.457 e. The number of unbranched alkanes of at least 4 members (excludes halogenated alkanes) is 13. The quantitative estimate of drug-likeness (QED) is 0.0839. The molecule has 0 aromatic carbocycles. The average Bonchev–Trinajstić information content (AvgIpc) is 2.82. The van der Waals surface area contributed by atoms with E-state index in [1.807, 2.05) is 0 Å². The molecule has 1 N–H and O–H groups in total. The van der Waals surface area contributed by atoms with E-state index in [0.717, 1.165) is 38.5 Å². The number of aliphatic hydroxyl groups is 1. The van der Waals surface area contributed by atoms with Crippen LogP contribution in [-0.4, -0.2) is 37.0 Å². The molecule has 0 radical (unpaired) electrons. The van der Waals surface area contributed by atoms with E-state index in [1.54, 1.807) is 0 Å². The minimum absolute atomic E-state index is 0.176. The van der Waals surface area contributed by atoms with Crippen molar-refractivity contribution in [2.75, 3.05) is 19.8 Å². The predicted octanol–water partition coefficient (Wildman–Crippen LogP) is 8.08. The highest BCUT2D eigenvalue weighted by molar-refractivity contribution is 5.69. The summed E-state index contributed by atoms with van der Waals surface area (Å²) in [5.74, 6) is -0.219. The number of esters is 1. The first kappa shape index (κ1) is 31.9. The van der Waals surface area contributed by atoms with Gasteiger partial charge in [0, 0.05) is 13.0 Å². The number of carbonyl (C=O) groups is 1. The van der Waals surface area contributed by atoms with Crippen molar-refractivity contribution in [3.63, 3.8) is 0 Å². The van der Waals surface area contributed by atoms with Crippen LogP contribution in [0.4, 0.5) is 0 Å². The van der Waals surface area contributed by atoms with Gasteiger partial charge < -0.3 is 14.6 Å². The van der Waals surface area contributed by atoms with Gasteiger partial charge in [0.25, 0.3) is 0 Å². The zero-order valence-electron chi connectivity index (χ0n) is 21.9. The SMILES string of the molecule is CCC/C=C\C/C=C\CCCCCCCC(=O)OC(CO)COCCCCCCCCCC. The first-order valence-corrected chi connectivity index (χ1v) is 13.9. The molecule has 33 heavy (non-hydrogen) atoms. The monoisotopic (exact) mass is 466 g/mol. The van der Waals surface area contributed by atoms with Crippen molar-refractivity contribution >= 4 is 5.97 Å². The Kier molecular flexibility index (Phi) is 26.2. The molecule has 0 amide bonds. The summed E-state index contributed by atoms with van der Waals surface area (Å²) >= 11 is 0. The zero-order valence-corrected chi connectivity index (χ0v) is 21.9. The van der Waals surface area contributed by atoms with Crippen molar-refractivity contribution in [1.29, 1.82) is 0 Å². The molecule has 0 rings (SSSR count). The molecule has 0 saturated heterocycles. The van der Waals surface area contributed by atoms with Crippen molar-refractivity contribution in [1.82, 2.24) is 0 Å². The lowest BCUT2D eigenvalue weighted by molar-refractivity contribution is -0.154. The lowest BCUT2D eigenvalue weighted by Gasteiger charge is -2.15. The van der Waals surface area contributed by atoms with Crippen LogP contribution in [0.1, 0.15) is 129 Å². The molecule has 0 spiro atoms. The summed E-state index contributed by atoms with van der Waals surface area (Å²) in [5.41, 5.74) is 0. The molecule has 0 aliphatic heterocycles. The highest BCUT2D eigenvalue weighted by Gasteiger charge is 2.13. The van der Waals surface area contributed by atoms with Crippen LogP contribution in [0.5, 0.6) is 0 Å². The van der Waals surface area contributed by atoms with Gasteiger partial charge in [0.2, 0.25) is 0 Å². The normalized spacial score (nSPS) is 12.7. The lowest BCUT2D eigenvalue weighted by atomic mass is 10.1. The maximum atomic E-state index is 12.0. The van der Waals surface area contributed by atoms with Crippen LogP contribution in [0.3, 0.4) is 0 Å². The molecule has 194 valence electrons. The number of hydrogen-bond acceptors (Lipinski definition) is 4. The van der Waals surface area contributed by atoms with E-state index in [2.05, 4.69) is 38.2 Å². The van der Waals surface area contributed by atoms with E-state index >= 15 is 0 Å². The summed E-state index contributed by atoms with van der Waals surface area (Å²) in [4.78, 5) is 12.0. The molecular weight excluding hydrogens is 412 g/mol. The van der Waals surface area contributed by atoms with Gasteiger partial charge >= 0.3 is 5.97 Å². The molecule has 4 nitrogen and oxygen atoms in total. The van der Waals surface area contributed by atoms with Gasteiger partial charge in [-0.2, -0.15) is 0 Å². The fraction of sp³-hybridized carbons (Fsp3) is 0.828. The first-order valence-electron chi connectivity index (χ1n) is 13.9. The van der Waals surface area contributed by atoms with Gasteiger partial charge in [-0.3, -0.25) is 4.79 Å². The third-order valence-electron chi connectivity index (χ3n) is 5.76. The Labute approximate surface area is 205 Å². The number of carbonyl (C=O) groups excluding carboxylic acids is 1. The Balaban J connectivity index is 3.51. The average molecular weight is 467 g/mol. The highest BCUT2D eigenvalue weighted by Crippen LogP contribution is 2.10. The van der Waals surface area contributed by atoms with Crippen LogP contribution < -0.4 is 0 Å². The summed E-state index contributed by atoms with van der Waals surface area (Å²) in [7, 11) is 0. The van der Waals surface area contributed by atoms with Gasteiger partial charge in [-0.1, -0.05) is 109 Å². The Morgan fingerprint density at radius 1 is 0.727 bits per heavy atom. The van der Waals surface area contributed by atoms with Gasteiger partial charge in [0.05, 0.1) is 13.2 Å². The summed E-state index contributed by atoms with van der Waals surface area (Å²) in [6.45, 7) is 5.23. The standard InChI is InChI=1S/C29H54O4/c1-3-5-7-9-11-13-14-15-16-17-18-20-22-24-29(31)33-28(26-30)27-32-25-23-21-19-12-10-8-6-4-2/h7,9,13-14,28,30H,3-6,8,10-12,15-27H2,1-2H3/b9-7-,14-13-. The fourth-order valence-electron chi connectivity index (χ4n) is 3.66. The highest BCUT2D eigenvalue weighted by atomic mass is 16.6. The van der Waals surface area contributed by atoms with Crippen LogP contribution in [0, 0.1) is 0 Å². The molecule has 1 unspecified atom stereocenters. The molecule has 0 bridgehead atoms. The number of hydrogen-bond donors (Lipinski definition) is 1. The summed E-state index contributed by atoms with van der Waals surface area (Å²) in [6, 6.07) is 0. The van der Waals surface area contributed by atoms with Crippen molar-refractivity contribution < 1.29 is 19.4 Å². The second kappa shape index (κ2) is 27.1. The second-order valence-corrected chi connectivity index (χ2v) is 9.12. The molecule has 0 aliphatic carbocycles. The second-order valence-electron chi connectivity index (χ2n) is 9.12. The summed E-state index contributed by atoms with van der Waals surface area (Å²) in [5, 5.41) is 9.44. The molecular formula is C29H54O4. The molecule has 0 fully saturated rings. The molecule has 0 aromatic heterocycles. The number of rotatable bonds is 25. The van der Waals surface area contributed by atoms with E-state index in [9.17, 15) is 9.90 Å². The van der Waals surface area contributed by atoms with Crippen LogP contribution in [0.15, 0.2) is 24.3 Å². The lowest BCUT2D eigenvalue weighted by Crippen LogP contribution is -2.27. The predicted molar refractivity (Wildman–Crippen MR) is 141 cm³/mol. The van der Waals surface area contributed by atoms with Crippen LogP contribution in [-0.2, 0) is 14.3 Å². The van der Waals surface area contributed by atoms with Crippen molar-refractivity contribution in [2.24, 2.45) is 0 Å². The Hall–Kier alpha value is -1.13. The molecule has 4 heteroatoms. The molecule has 1 atom stereocenters. The number of aliphatic hydroxyl groups excluding tert-OH is 1. The summed E-state index contributed by atoms with van der Waals surface area (Å²) < 4.78 is 11.0. The summed E-state index contributed by atoms with van der Waals surface area (Å²) in [6.07, 6.45) is 29.1. The Morgan fingerprint density at radius 2 is 1.33 bits per heavy atom. The first-order chi connectivity index (χ1) is 16.2. The van der Waals surface area contributed by atoms with E-state index in [4.69, 9.17) is 9.47 Å². The van der Waals surface area contributed by atoms with Crippen LogP contribution in [0.2, 0.25) is 0 Å².